The molecule has 1 aromatic rings. The second-order valence-corrected chi connectivity index (χ2v) is 6.23. The fourth-order valence-corrected chi connectivity index (χ4v) is 3.83. The van der Waals surface area contributed by atoms with Crippen molar-refractivity contribution in [3.8, 4) is 11.5 Å². The molecule has 1 aromatic carbocycles. The minimum atomic E-state index is -0.503. The number of rotatable bonds is 4. The van der Waals surface area contributed by atoms with Crippen LogP contribution in [0.1, 0.15) is 51.2 Å². The number of fused-ring (bicyclic) bond motifs is 1. The Bertz CT molecular complexity index is 505. The van der Waals surface area contributed by atoms with Gasteiger partial charge < -0.3 is 14.6 Å². The van der Waals surface area contributed by atoms with Gasteiger partial charge in [-0.2, -0.15) is 0 Å². The van der Waals surface area contributed by atoms with E-state index in [1.165, 1.54) is 19.3 Å². The predicted octanol–water partition coefficient (Wildman–Crippen LogP) is 3.14. The lowest BCUT2D eigenvalue weighted by molar-refractivity contribution is -0.0301. The molecule has 2 aliphatic heterocycles. The molecular weight excluding hydrogens is 278 g/mol. The highest BCUT2D eigenvalue weighted by Crippen LogP contribution is 2.42. The first-order valence-corrected chi connectivity index (χ1v) is 8.58. The highest BCUT2D eigenvalue weighted by Gasteiger charge is 2.38. The van der Waals surface area contributed by atoms with E-state index in [1.807, 2.05) is 25.1 Å². The van der Waals surface area contributed by atoms with Crippen LogP contribution in [-0.4, -0.2) is 41.8 Å². The molecule has 0 bridgehead atoms. The summed E-state index contributed by atoms with van der Waals surface area (Å²) >= 11 is 0. The number of para-hydroxylation sites is 1. The van der Waals surface area contributed by atoms with Crippen LogP contribution >= 0.6 is 0 Å². The molecule has 1 saturated heterocycles. The number of hydrogen-bond acceptors (Lipinski definition) is 4. The third-order valence-electron chi connectivity index (χ3n) is 4.96. The first-order valence-electron chi connectivity index (χ1n) is 8.58. The molecule has 0 aromatic heterocycles. The van der Waals surface area contributed by atoms with Gasteiger partial charge in [0, 0.05) is 11.6 Å². The van der Waals surface area contributed by atoms with Gasteiger partial charge in [0.2, 0.25) is 0 Å². The zero-order valence-corrected chi connectivity index (χ0v) is 13.6. The summed E-state index contributed by atoms with van der Waals surface area (Å²) in [6.45, 7) is 6.39. The summed E-state index contributed by atoms with van der Waals surface area (Å²) in [5.41, 5.74) is 0.864. The molecule has 3 rings (SSSR count). The largest absolute Gasteiger partial charge is 0.490 e. The fourth-order valence-electron chi connectivity index (χ4n) is 3.83. The molecule has 1 N–H and O–H groups in total. The van der Waals surface area contributed by atoms with Gasteiger partial charge in [0.05, 0.1) is 12.6 Å². The highest BCUT2D eigenvalue weighted by atomic mass is 16.5. The summed E-state index contributed by atoms with van der Waals surface area (Å²) in [4.78, 5) is 2.46. The van der Waals surface area contributed by atoms with Crippen molar-refractivity contribution in [3.63, 3.8) is 0 Å². The summed E-state index contributed by atoms with van der Waals surface area (Å²) < 4.78 is 11.6. The molecule has 3 unspecified atom stereocenters. The van der Waals surface area contributed by atoms with E-state index in [1.54, 1.807) is 0 Å². The quantitative estimate of drug-likeness (QED) is 0.928. The maximum absolute atomic E-state index is 10.9. The SMILES string of the molecule is CCOc1cccc2c1OCC(N1CCCCC1CC)C2O. The average Bonchev–Trinajstić information content (AvgIpc) is 2.56. The number of likely N-dealkylation sites (tertiary alicyclic amines) is 1. The van der Waals surface area contributed by atoms with Crippen LogP contribution in [0.5, 0.6) is 11.5 Å². The van der Waals surface area contributed by atoms with Crippen molar-refractivity contribution in [2.24, 2.45) is 0 Å². The first kappa shape index (κ1) is 15.6. The van der Waals surface area contributed by atoms with Crippen LogP contribution in [0.4, 0.5) is 0 Å². The number of piperidine rings is 1. The topological polar surface area (TPSA) is 41.9 Å². The number of benzene rings is 1. The molecule has 0 radical (unpaired) electrons. The van der Waals surface area contributed by atoms with Crippen molar-refractivity contribution in [2.45, 2.75) is 57.7 Å². The molecule has 0 saturated carbocycles. The summed E-state index contributed by atoms with van der Waals surface area (Å²) in [5.74, 6) is 1.46. The molecule has 22 heavy (non-hydrogen) atoms. The maximum Gasteiger partial charge on any atom is 0.167 e. The van der Waals surface area contributed by atoms with Gasteiger partial charge in [0.15, 0.2) is 11.5 Å². The smallest absolute Gasteiger partial charge is 0.167 e. The molecule has 0 amide bonds. The molecular formula is C18H27NO3. The van der Waals surface area contributed by atoms with Crippen LogP contribution in [0, 0.1) is 0 Å². The standard InChI is InChI=1S/C18H27NO3/c1-3-13-8-5-6-11-19(13)15-12-22-18-14(17(15)20)9-7-10-16(18)21-4-2/h7,9-10,13,15,17,20H,3-6,8,11-12H2,1-2H3. The molecule has 2 aliphatic rings. The Morgan fingerprint density at radius 3 is 2.95 bits per heavy atom. The lowest BCUT2D eigenvalue weighted by atomic mass is 9.92. The fraction of sp³-hybridized carbons (Fsp3) is 0.667. The molecule has 122 valence electrons. The zero-order chi connectivity index (χ0) is 15.5. The average molecular weight is 305 g/mol. The Morgan fingerprint density at radius 1 is 1.32 bits per heavy atom. The van der Waals surface area contributed by atoms with Gasteiger partial charge in [-0.15, -0.1) is 0 Å². The number of aliphatic hydroxyl groups is 1. The van der Waals surface area contributed by atoms with Crippen molar-refractivity contribution in [1.29, 1.82) is 0 Å². The van der Waals surface area contributed by atoms with Crippen molar-refractivity contribution < 1.29 is 14.6 Å². The summed E-state index contributed by atoms with van der Waals surface area (Å²) in [6.07, 6.45) is 4.37. The van der Waals surface area contributed by atoms with Gasteiger partial charge >= 0.3 is 0 Å². The Morgan fingerprint density at radius 2 is 2.18 bits per heavy atom. The molecule has 2 heterocycles. The summed E-state index contributed by atoms with van der Waals surface area (Å²) in [7, 11) is 0. The Labute approximate surface area is 133 Å². The van der Waals surface area contributed by atoms with Crippen LogP contribution < -0.4 is 9.47 Å². The number of hydrogen-bond donors (Lipinski definition) is 1. The number of nitrogens with zero attached hydrogens (tertiary/aromatic N) is 1. The second-order valence-electron chi connectivity index (χ2n) is 6.23. The number of aliphatic hydroxyl groups excluding tert-OH is 1. The van der Waals surface area contributed by atoms with E-state index < -0.39 is 6.10 Å². The van der Waals surface area contributed by atoms with Gasteiger partial charge in [-0.1, -0.05) is 25.5 Å². The van der Waals surface area contributed by atoms with Crippen molar-refractivity contribution in [1.82, 2.24) is 4.90 Å². The monoisotopic (exact) mass is 305 g/mol. The second kappa shape index (κ2) is 6.88. The Balaban J connectivity index is 1.84. The minimum Gasteiger partial charge on any atom is -0.490 e. The van der Waals surface area contributed by atoms with Crippen LogP contribution in [0.3, 0.4) is 0 Å². The molecule has 3 atom stereocenters. The third-order valence-corrected chi connectivity index (χ3v) is 4.96. The van der Waals surface area contributed by atoms with Crippen LogP contribution in [0.15, 0.2) is 18.2 Å². The van der Waals surface area contributed by atoms with Gasteiger partial charge in [0.25, 0.3) is 0 Å². The number of ether oxygens (including phenoxy) is 2. The predicted molar refractivity (Wildman–Crippen MR) is 86.5 cm³/mol. The third kappa shape index (κ3) is 2.82. The van der Waals surface area contributed by atoms with E-state index >= 15 is 0 Å². The molecule has 0 aliphatic carbocycles. The van der Waals surface area contributed by atoms with E-state index in [0.29, 0.717) is 19.3 Å². The van der Waals surface area contributed by atoms with Gasteiger partial charge in [-0.05, 0) is 38.8 Å². The molecule has 0 spiro atoms. The lowest BCUT2D eigenvalue weighted by Crippen LogP contribution is -2.52. The summed E-state index contributed by atoms with van der Waals surface area (Å²) in [5, 5.41) is 10.9. The normalized spacial score (nSPS) is 28.8. The van der Waals surface area contributed by atoms with Crippen molar-refractivity contribution in [3.05, 3.63) is 23.8 Å². The molecule has 4 nitrogen and oxygen atoms in total. The van der Waals surface area contributed by atoms with Crippen LogP contribution in [0.25, 0.3) is 0 Å². The van der Waals surface area contributed by atoms with E-state index in [4.69, 9.17) is 9.47 Å². The summed E-state index contributed by atoms with van der Waals surface area (Å²) in [6, 6.07) is 6.42. The van der Waals surface area contributed by atoms with Crippen molar-refractivity contribution >= 4 is 0 Å². The lowest BCUT2D eigenvalue weighted by Gasteiger charge is -2.44. The Hall–Kier alpha value is -1.26. The zero-order valence-electron chi connectivity index (χ0n) is 13.6. The van der Waals surface area contributed by atoms with Gasteiger partial charge in [0.1, 0.15) is 12.7 Å². The van der Waals surface area contributed by atoms with Crippen LogP contribution in [-0.2, 0) is 0 Å². The highest BCUT2D eigenvalue weighted by molar-refractivity contribution is 5.49. The van der Waals surface area contributed by atoms with E-state index in [9.17, 15) is 5.11 Å². The molecule has 4 heteroatoms. The van der Waals surface area contributed by atoms with E-state index in [0.717, 1.165) is 30.0 Å². The minimum absolute atomic E-state index is 0.0506. The van der Waals surface area contributed by atoms with Gasteiger partial charge in [-0.25, -0.2) is 0 Å². The van der Waals surface area contributed by atoms with Crippen LogP contribution in [0.2, 0.25) is 0 Å². The Kier molecular flexibility index (Phi) is 4.89. The van der Waals surface area contributed by atoms with Gasteiger partial charge in [-0.3, -0.25) is 4.90 Å². The van der Waals surface area contributed by atoms with Crippen molar-refractivity contribution in [2.75, 3.05) is 19.8 Å². The van der Waals surface area contributed by atoms with E-state index in [-0.39, 0.29) is 6.04 Å². The molecule has 1 fully saturated rings. The van der Waals surface area contributed by atoms with E-state index in [2.05, 4.69) is 11.8 Å². The maximum atomic E-state index is 10.9. The first-order chi connectivity index (χ1) is 10.8.